The largest absolute Gasteiger partial charge is 0.393 e. The third kappa shape index (κ3) is 2.56. The number of nitrogens with zero attached hydrogens (tertiary/aromatic N) is 2. The van der Waals surface area contributed by atoms with Gasteiger partial charge in [0.2, 0.25) is 0 Å². The van der Waals surface area contributed by atoms with Gasteiger partial charge in [-0.3, -0.25) is 14.9 Å². The summed E-state index contributed by atoms with van der Waals surface area (Å²) in [6.45, 7) is 1.30. The first-order valence-corrected chi connectivity index (χ1v) is 7.14. The van der Waals surface area contributed by atoms with Gasteiger partial charge in [0.25, 0.3) is 11.6 Å². The Morgan fingerprint density at radius 1 is 1.33 bits per heavy atom. The Kier molecular flexibility index (Phi) is 3.50. The summed E-state index contributed by atoms with van der Waals surface area (Å²) in [5.74, 6) is -0.217. The van der Waals surface area contributed by atoms with Crippen molar-refractivity contribution < 1.29 is 9.72 Å². The summed E-state index contributed by atoms with van der Waals surface area (Å²) in [4.78, 5) is 24.7. The van der Waals surface area contributed by atoms with Gasteiger partial charge in [0, 0.05) is 31.2 Å². The zero-order valence-electron chi connectivity index (χ0n) is 11.6. The Labute approximate surface area is 122 Å². The second-order valence-corrected chi connectivity index (χ2v) is 5.67. The van der Waals surface area contributed by atoms with Gasteiger partial charge in [-0.1, -0.05) is 6.07 Å². The molecule has 1 amide bonds. The van der Waals surface area contributed by atoms with Gasteiger partial charge in [-0.05, 0) is 25.3 Å². The lowest BCUT2D eigenvalue weighted by Gasteiger charge is -2.24. The number of nitro groups is 1. The van der Waals surface area contributed by atoms with Crippen molar-refractivity contribution in [1.82, 2.24) is 10.2 Å². The number of nitrogens with one attached hydrogen (secondary N) is 1. The van der Waals surface area contributed by atoms with Crippen LogP contribution in [-0.4, -0.2) is 40.9 Å². The standard InChI is InChI=1S/C14H18N4O3/c15-13-11(2-1-3-12(13)18(20)21)14(19)17-7-6-9-4-5-10(8-17)16-9/h1-3,9-10,16H,4-8,15H2. The summed E-state index contributed by atoms with van der Waals surface area (Å²) in [5, 5.41) is 14.4. The SMILES string of the molecule is Nc1c(C(=O)N2CCC3CCC(C2)N3)cccc1[N+](=O)[O-]. The van der Waals surface area contributed by atoms with Crippen molar-refractivity contribution in [3.05, 3.63) is 33.9 Å². The summed E-state index contributed by atoms with van der Waals surface area (Å²) >= 11 is 0. The normalized spacial score (nSPS) is 24.7. The maximum absolute atomic E-state index is 12.6. The van der Waals surface area contributed by atoms with Gasteiger partial charge in [-0.25, -0.2) is 0 Å². The number of nitrogen functional groups attached to an aromatic ring is 1. The molecule has 3 rings (SSSR count). The van der Waals surface area contributed by atoms with E-state index in [9.17, 15) is 14.9 Å². The van der Waals surface area contributed by atoms with Crippen LogP contribution in [-0.2, 0) is 0 Å². The van der Waals surface area contributed by atoms with E-state index in [1.54, 1.807) is 11.0 Å². The molecule has 7 heteroatoms. The fourth-order valence-corrected chi connectivity index (χ4v) is 3.20. The number of para-hydroxylation sites is 1. The van der Waals surface area contributed by atoms with Crippen LogP contribution in [0.2, 0.25) is 0 Å². The average molecular weight is 290 g/mol. The molecule has 1 aromatic carbocycles. The number of carbonyl (C=O) groups is 1. The number of fused-ring (bicyclic) bond motifs is 2. The van der Waals surface area contributed by atoms with Crippen molar-refractivity contribution in [2.45, 2.75) is 31.3 Å². The molecule has 0 radical (unpaired) electrons. The lowest BCUT2D eigenvalue weighted by Crippen LogP contribution is -2.39. The van der Waals surface area contributed by atoms with E-state index in [0.717, 1.165) is 19.3 Å². The Morgan fingerprint density at radius 2 is 2.10 bits per heavy atom. The van der Waals surface area contributed by atoms with Crippen molar-refractivity contribution in [3.63, 3.8) is 0 Å². The summed E-state index contributed by atoms with van der Waals surface area (Å²) in [7, 11) is 0. The van der Waals surface area contributed by atoms with Crippen molar-refractivity contribution in [2.24, 2.45) is 0 Å². The zero-order valence-corrected chi connectivity index (χ0v) is 11.6. The molecule has 0 saturated carbocycles. The number of hydrogen-bond acceptors (Lipinski definition) is 5. The minimum atomic E-state index is -0.557. The third-order valence-electron chi connectivity index (χ3n) is 4.32. The van der Waals surface area contributed by atoms with Crippen LogP contribution in [0.1, 0.15) is 29.6 Å². The lowest BCUT2D eigenvalue weighted by molar-refractivity contribution is -0.383. The summed E-state index contributed by atoms with van der Waals surface area (Å²) in [6.07, 6.45) is 3.14. The fourth-order valence-electron chi connectivity index (χ4n) is 3.20. The predicted molar refractivity (Wildman–Crippen MR) is 78.0 cm³/mol. The molecule has 2 bridgehead atoms. The summed E-state index contributed by atoms with van der Waals surface area (Å²) in [5.41, 5.74) is 5.77. The molecule has 1 aromatic rings. The van der Waals surface area contributed by atoms with Gasteiger partial charge in [0.05, 0.1) is 10.5 Å². The first kappa shape index (κ1) is 13.8. The summed E-state index contributed by atoms with van der Waals surface area (Å²) < 4.78 is 0. The minimum Gasteiger partial charge on any atom is -0.393 e. The average Bonchev–Trinajstić information content (AvgIpc) is 2.77. The Balaban J connectivity index is 1.85. The number of benzene rings is 1. The second kappa shape index (κ2) is 5.33. The fraction of sp³-hybridized carbons (Fsp3) is 0.500. The molecule has 7 nitrogen and oxygen atoms in total. The monoisotopic (exact) mass is 290 g/mol. The molecule has 3 N–H and O–H groups in total. The van der Waals surface area contributed by atoms with E-state index in [1.807, 2.05) is 0 Å². The predicted octanol–water partition coefficient (Wildman–Crippen LogP) is 1.14. The number of likely N-dealkylation sites (tertiary alicyclic amines) is 1. The molecule has 2 aliphatic heterocycles. The number of nitrogens with two attached hydrogens (primary N) is 1. The Bertz CT molecular complexity index is 590. The molecule has 2 heterocycles. The lowest BCUT2D eigenvalue weighted by atomic mass is 10.1. The van der Waals surface area contributed by atoms with Crippen molar-refractivity contribution in [1.29, 1.82) is 0 Å². The Hall–Kier alpha value is -2.15. The first-order valence-electron chi connectivity index (χ1n) is 7.14. The molecule has 2 atom stereocenters. The molecule has 0 aromatic heterocycles. The van der Waals surface area contributed by atoms with Crippen LogP contribution < -0.4 is 11.1 Å². The molecule has 0 spiro atoms. The molecule has 2 unspecified atom stereocenters. The van der Waals surface area contributed by atoms with E-state index in [1.165, 1.54) is 12.1 Å². The van der Waals surface area contributed by atoms with Gasteiger partial charge in [-0.2, -0.15) is 0 Å². The maximum Gasteiger partial charge on any atom is 0.292 e. The van der Waals surface area contributed by atoms with Crippen LogP contribution in [0.4, 0.5) is 11.4 Å². The van der Waals surface area contributed by atoms with Crippen LogP contribution in [0.3, 0.4) is 0 Å². The number of amides is 1. The molecule has 112 valence electrons. The van der Waals surface area contributed by atoms with E-state index in [-0.39, 0.29) is 22.8 Å². The molecule has 0 aliphatic carbocycles. The number of hydrogen-bond donors (Lipinski definition) is 2. The van der Waals surface area contributed by atoms with Crippen LogP contribution in [0, 0.1) is 10.1 Å². The quantitative estimate of drug-likeness (QED) is 0.483. The smallest absolute Gasteiger partial charge is 0.292 e. The molecule has 21 heavy (non-hydrogen) atoms. The third-order valence-corrected chi connectivity index (χ3v) is 4.32. The molecule has 2 aliphatic rings. The number of rotatable bonds is 2. The van der Waals surface area contributed by atoms with E-state index in [4.69, 9.17) is 5.73 Å². The molecule has 2 fully saturated rings. The minimum absolute atomic E-state index is 0.0464. The number of nitro benzene ring substituents is 1. The first-order chi connectivity index (χ1) is 10.1. The van der Waals surface area contributed by atoms with Crippen LogP contribution in [0.25, 0.3) is 0 Å². The van der Waals surface area contributed by atoms with Crippen LogP contribution in [0.15, 0.2) is 18.2 Å². The highest BCUT2D eigenvalue weighted by Gasteiger charge is 2.32. The maximum atomic E-state index is 12.6. The highest BCUT2D eigenvalue weighted by Crippen LogP contribution is 2.27. The molecule has 2 saturated heterocycles. The summed E-state index contributed by atoms with van der Waals surface area (Å²) in [6, 6.07) is 5.18. The molecular weight excluding hydrogens is 272 g/mol. The van der Waals surface area contributed by atoms with Gasteiger partial charge in [0.1, 0.15) is 5.69 Å². The van der Waals surface area contributed by atoms with E-state index >= 15 is 0 Å². The van der Waals surface area contributed by atoms with Gasteiger partial charge in [-0.15, -0.1) is 0 Å². The Morgan fingerprint density at radius 3 is 2.86 bits per heavy atom. The van der Waals surface area contributed by atoms with Crippen molar-refractivity contribution in [3.8, 4) is 0 Å². The number of carbonyl (C=O) groups excluding carboxylic acids is 1. The van der Waals surface area contributed by atoms with Crippen LogP contribution in [0.5, 0.6) is 0 Å². The van der Waals surface area contributed by atoms with Gasteiger partial charge < -0.3 is 16.0 Å². The molecular formula is C14H18N4O3. The highest BCUT2D eigenvalue weighted by atomic mass is 16.6. The van der Waals surface area contributed by atoms with Gasteiger partial charge >= 0.3 is 0 Å². The second-order valence-electron chi connectivity index (χ2n) is 5.67. The van der Waals surface area contributed by atoms with E-state index in [0.29, 0.717) is 25.2 Å². The highest BCUT2D eigenvalue weighted by molar-refractivity contribution is 6.01. The zero-order chi connectivity index (χ0) is 15.0. The van der Waals surface area contributed by atoms with Crippen molar-refractivity contribution in [2.75, 3.05) is 18.8 Å². The van der Waals surface area contributed by atoms with Crippen LogP contribution >= 0.6 is 0 Å². The van der Waals surface area contributed by atoms with Gasteiger partial charge in [0.15, 0.2) is 0 Å². The number of anilines is 1. The van der Waals surface area contributed by atoms with E-state index in [2.05, 4.69) is 5.32 Å². The van der Waals surface area contributed by atoms with Crippen molar-refractivity contribution >= 4 is 17.3 Å². The topological polar surface area (TPSA) is 102 Å². The van der Waals surface area contributed by atoms with E-state index < -0.39 is 4.92 Å².